The highest BCUT2D eigenvalue weighted by molar-refractivity contribution is 5.80. The molecule has 3 atom stereocenters. The zero-order valence-corrected chi connectivity index (χ0v) is 26.1. The van der Waals surface area contributed by atoms with Crippen LogP contribution in [0.1, 0.15) is 59.6 Å². The molecule has 1 aliphatic rings. The third-order valence-electron chi connectivity index (χ3n) is 8.30. The number of benzene rings is 3. The predicted octanol–water partition coefficient (Wildman–Crippen LogP) is 6.38. The van der Waals surface area contributed by atoms with Crippen LogP contribution in [0.25, 0.3) is 11.0 Å². The van der Waals surface area contributed by atoms with Crippen LogP contribution in [-0.4, -0.2) is 60.9 Å². The largest absolute Gasteiger partial charge is 0.490 e. The van der Waals surface area contributed by atoms with Gasteiger partial charge in [0, 0.05) is 38.2 Å². The van der Waals surface area contributed by atoms with Gasteiger partial charge in [0.2, 0.25) is 0 Å². The molecule has 0 saturated carbocycles. The second kappa shape index (κ2) is 13.9. The van der Waals surface area contributed by atoms with Gasteiger partial charge in [0.05, 0.1) is 11.4 Å². The number of rotatable bonds is 7. The van der Waals surface area contributed by atoms with Crippen molar-refractivity contribution in [1.82, 2.24) is 19.9 Å². The number of aromatic nitrogens is 3. The molecule has 2 heterocycles. The number of nitrogens with zero attached hydrogens (tertiary/aromatic N) is 4. The van der Waals surface area contributed by atoms with Crippen LogP contribution in [-0.2, 0) is 29.7 Å². The highest BCUT2D eigenvalue weighted by Gasteiger charge is 2.38. The third-order valence-corrected chi connectivity index (χ3v) is 8.30. The van der Waals surface area contributed by atoms with E-state index in [1.54, 1.807) is 23.7 Å². The van der Waals surface area contributed by atoms with Gasteiger partial charge in [-0.25, -0.2) is 13.9 Å². The molecule has 1 aromatic heterocycles. The van der Waals surface area contributed by atoms with E-state index in [4.69, 9.17) is 14.6 Å². The first-order chi connectivity index (χ1) is 21.6. The highest BCUT2D eigenvalue weighted by atomic mass is 19.4. The first-order valence-electron chi connectivity index (χ1n) is 14.7. The fourth-order valence-corrected chi connectivity index (χ4v) is 5.69. The molecular formula is C33H36F4N4O5. The lowest BCUT2D eigenvalue weighted by Crippen LogP contribution is -2.32. The van der Waals surface area contributed by atoms with Gasteiger partial charge in [-0.2, -0.15) is 13.2 Å². The minimum Gasteiger partial charge on any atom is -0.489 e. The molecule has 5 rings (SSSR count). The molecule has 1 aliphatic heterocycles. The van der Waals surface area contributed by atoms with E-state index in [9.17, 15) is 27.5 Å². The lowest BCUT2D eigenvalue weighted by atomic mass is 9.79. The lowest BCUT2D eigenvalue weighted by molar-refractivity contribution is -0.192. The molecule has 3 aromatic carbocycles. The fourth-order valence-electron chi connectivity index (χ4n) is 5.69. The van der Waals surface area contributed by atoms with Gasteiger partial charge in [-0.3, -0.25) is 9.69 Å². The summed E-state index contributed by atoms with van der Waals surface area (Å²) in [5.74, 6) is -4.16. The molecule has 13 heteroatoms. The van der Waals surface area contributed by atoms with Crippen LogP contribution < -0.4 is 4.74 Å². The summed E-state index contributed by atoms with van der Waals surface area (Å²) in [5, 5.41) is 25.7. The zero-order valence-electron chi connectivity index (χ0n) is 26.1. The van der Waals surface area contributed by atoms with E-state index in [0.29, 0.717) is 19.6 Å². The van der Waals surface area contributed by atoms with Gasteiger partial charge in [0.25, 0.3) is 0 Å². The molecule has 2 N–H and O–H groups in total. The molecule has 246 valence electrons. The molecule has 0 amide bonds. The van der Waals surface area contributed by atoms with Crippen molar-refractivity contribution in [3.8, 4) is 5.75 Å². The first kappa shape index (κ1) is 34.4. The second-order valence-corrected chi connectivity index (χ2v) is 11.5. The number of alkyl halides is 3. The van der Waals surface area contributed by atoms with Gasteiger partial charge >= 0.3 is 18.1 Å². The molecule has 46 heavy (non-hydrogen) atoms. The second-order valence-electron chi connectivity index (χ2n) is 11.5. The SMILES string of the molecule is CC[C@@H]1CN(Cc2cc([C@H](c3ccc4c(nnn4C)c3C)C(C)C(=O)O)ccc2C)Cc2cc(F)ccc2O1.O=C(O)C(F)(F)F. The first-order valence-corrected chi connectivity index (χ1v) is 14.7. The minimum absolute atomic E-state index is 0.00124. The standard InChI is InChI=1S/C31H35FN4O3.C2HF3O2/c1-6-25-17-36(16-23-14-24(32)9-12-28(23)39-25)15-22-13-21(8-7-18(22)2)29(20(4)31(37)38)26-10-11-27-30(19(26)3)33-34-35(27)5;3-2(4,5)1(6)7/h7-14,20,25,29H,6,15-17H2,1-5H3,(H,37,38);(H,6,7)/t20?,25-,29-;/m1./s1. The molecule has 0 bridgehead atoms. The molecule has 0 saturated heterocycles. The fraction of sp³-hybridized carbons (Fsp3) is 0.394. The molecule has 0 aliphatic carbocycles. The van der Waals surface area contributed by atoms with Crippen molar-refractivity contribution in [2.24, 2.45) is 13.0 Å². The summed E-state index contributed by atoms with van der Waals surface area (Å²) in [7, 11) is 1.85. The molecule has 0 fully saturated rings. The molecular weight excluding hydrogens is 608 g/mol. The minimum atomic E-state index is -5.08. The van der Waals surface area contributed by atoms with Gasteiger partial charge in [-0.1, -0.05) is 43.3 Å². The summed E-state index contributed by atoms with van der Waals surface area (Å²) in [6.45, 7) is 9.85. The van der Waals surface area contributed by atoms with Gasteiger partial charge in [0.1, 0.15) is 23.2 Å². The summed E-state index contributed by atoms with van der Waals surface area (Å²) in [6, 6.07) is 14.9. The summed E-state index contributed by atoms with van der Waals surface area (Å²) >= 11 is 0. The predicted molar refractivity (Wildman–Crippen MR) is 162 cm³/mol. The lowest BCUT2D eigenvalue weighted by Gasteiger charge is -2.27. The normalized spacial score (nSPS) is 16.4. The van der Waals surface area contributed by atoms with Crippen molar-refractivity contribution < 1.29 is 42.1 Å². The Balaban J connectivity index is 0.000000617. The van der Waals surface area contributed by atoms with Gasteiger partial charge < -0.3 is 14.9 Å². The van der Waals surface area contributed by atoms with Crippen LogP contribution in [0.15, 0.2) is 48.5 Å². The number of hydrogen-bond acceptors (Lipinski definition) is 6. The molecule has 1 unspecified atom stereocenters. The van der Waals surface area contributed by atoms with Crippen molar-refractivity contribution in [3.05, 3.63) is 87.7 Å². The Bertz CT molecular complexity index is 1740. The van der Waals surface area contributed by atoms with Gasteiger partial charge in [0.15, 0.2) is 0 Å². The monoisotopic (exact) mass is 644 g/mol. The van der Waals surface area contributed by atoms with Crippen LogP contribution in [0.4, 0.5) is 17.6 Å². The van der Waals surface area contributed by atoms with E-state index in [1.807, 2.05) is 32.2 Å². The number of halogens is 4. The number of ether oxygens (including phenoxy) is 1. The molecule has 0 spiro atoms. The van der Waals surface area contributed by atoms with E-state index >= 15 is 0 Å². The Kier molecular flexibility index (Phi) is 10.3. The van der Waals surface area contributed by atoms with Crippen molar-refractivity contribution >= 4 is 23.0 Å². The van der Waals surface area contributed by atoms with Gasteiger partial charge in [-0.05, 0) is 72.4 Å². The molecule has 4 aromatic rings. The average molecular weight is 645 g/mol. The van der Waals surface area contributed by atoms with Crippen molar-refractivity contribution in [1.29, 1.82) is 0 Å². The summed E-state index contributed by atoms with van der Waals surface area (Å²) in [4.78, 5) is 23.5. The molecule has 0 radical (unpaired) electrons. The number of carboxylic acid groups (broad SMARTS) is 2. The van der Waals surface area contributed by atoms with Gasteiger partial charge in [-0.15, -0.1) is 5.10 Å². The summed E-state index contributed by atoms with van der Waals surface area (Å²) < 4.78 is 53.7. The Morgan fingerprint density at radius 2 is 1.78 bits per heavy atom. The van der Waals surface area contributed by atoms with Crippen molar-refractivity contribution in [2.75, 3.05) is 6.54 Å². The Morgan fingerprint density at radius 1 is 1.09 bits per heavy atom. The van der Waals surface area contributed by atoms with E-state index in [-0.39, 0.29) is 17.8 Å². The van der Waals surface area contributed by atoms with Crippen LogP contribution in [0.2, 0.25) is 0 Å². The van der Waals surface area contributed by atoms with Crippen LogP contribution >= 0.6 is 0 Å². The number of hydrogen-bond donors (Lipinski definition) is 2. The number of carbonyl (C=O) groups is 2. The highest BCUT2D eigenvalue weighted by Crippen LogP contribution is 2.37. The van der Waals surface area contributed by atoms with Crippen molar-refractivity contribution in [3.63, 3.8) is 0 Å². The quantitative estimate of drug-likeness (QED) is 0.223. The maximum absolute atomic E-state index is 14.1. The van der Waals surface area contributed by atoms with Crippen LogP contribution in [0.3, 0.4) is 0 Å². The summed E-state index contributed by atoms with van der Waals surface area (Å²) in [5.41, 5.74) is 7.59. The summed E-state index contributed by atoms with van der Waals surface area (Å²) in [6.07, 6.45) is -4.24. The average Bonchev–Trinajstić information content (AvgIpc) is 3.27. The number of aryl methyl sites for hydroxylation is 3. The van der Waals surface area contributed by atoms with E-state index in [1.165, 1.54) is 6.07 Å². The zero-order chi connectivity index (χ0) is 33.9. The topological polar surface area (TPSA) is 118 Å². The Labute approximate surface area is 263 Å². The smallest absolute Gasteiger partial charge is 0.489 e. The number of fused-ring (bicyclic) bond motifs is 2. The van der Waals surface area contributed by atoms with Crippen LogP contribution in [0.5, 0.6) is 5.75 Å². The molecule has 9 nitrogen and oxygen atoms in total. The number of carboxylic acids is 2. The van der Waals surface area contributed by atoms with E-state index < -0.39 is 24.0 Å². The van der Waals surface area contributed by atoms with Crippen molar-refractivity contribution in [2.45, 2.75) is 65.4 Å². The Morgan fingerprint density at radius 3 is 2.41 bits per heavy atom. The van der Waals surface area contributed by atoms with Crippen LogP contribution in [0, 0.1) is 25.6 Å². The number of aliphatic carboxylic acids is 2. The maximum atomic E-state index is 14.1. The Hall–Kier alpha value is -4.52. The van der Waals surface area contributed by atoms with E-state index in [0.717, 1.165) is 56.6 Å². The maximum Gasteiger partial charge on any atom is 0.490 e. The third kappa shape index (κ3) is 7.64. The van der Waals surface area contributed by atoms with E-state index in [2.05, 4.69) is 41.2 Å².